The minimum atomic E-state index is -3.65. The van der Waals surface area contributed by atoms with Crippen molar-refractivity contribution < 1.29 is 8.42 Å². The van der Waals surface area contributed by atoms with Crippen molar-refractivity contribution in [2.75, 3.05) is 19.0 Å². The Morgan fingerprint density at radius 2 is 1.95 bits per heavy atom. The van der Waals surface area contributed by atoms with Gasteiger partial charge in [0, 0.05) is 26.8 Å². The van der Waals surface area contributed by atoms with Gasteiger partial charge in [-0.2, -0.15) is 0 Å². The molecule has 0 unspecified atom stereocenters. The highest BCUT2D eigenvalue weighted by atomic mass is 35.5. The van der Waals surface area contributed by atoms with E-state index in [4.69, 9.17) is 11.6 Å². The number of aryl methyl sites for hydroxylation is 1. The van der Waals surface area contributed by atoms with Crippen LogP contribution < -0.4 is 9.62 Å². The molecule has 0 spiro atoms. The van der Waals surface area contributed by atoms with Crippen molar-refractivity contribution in [3.63, 3.8) is 0 Å². The lowest BCUT2D eigenvalue weighted by Crippen LogP contribution is -2.23. The van der Waals surface area contributed by atoms with E-state index in [0.29, 0.717) is 0 Å². The van der Waals surface area contributed by atoms with Crippen LogP contribution in [0.15, 0.2) is 41.4 Å². The predicted octanol–water partition coefficient (Wildman–Crippen LogP) is 2.59. The number of nitrogens with zero attached hydrogens (tertiary/aromatic N) is 2. The monoisotopic (exact) mass is 339 g/mol. The second kappa shape index (κ2) is 6.64. The van der Waals surface area contributed by atoms with Crippen molar-refractivity contribution in [2.45, 2.75) is 18.4 Å². The second-order valence-corrected chi connectivity index (χ2v) is 7.32. The zero-order chi connectivity index (χ0) is 16.3. The first-order valence-corrected chi connectivity index (χ1v) is 8.54. The molecule has 0 aliphatic rings. The predicted molar refractivity (Wildman–Crippen MR) is 88.8 cm³/mol. The molecule has 22 heavy (non-hydrogen) atoms. The fraction of sp³-hybridized carbons (Fsp3) is 0.267. The van der Waals surface area contributed by atoms with Crippen molar-refractivity contribution in [2.24, 2.45) is 0 Å². The number of halogens is 1. The molecule has 0 aliphatic heterocycles. The molecule has 5 nitrogen and oxygen atoms in total. The molecular formula is C15H18ClN3O2S. The molecule has 0 aliphatic carbocycles. The summed E-state index contributed by atoms with van der Waals surface area (Å²) in [6, 6.07) is 8.47. The number of pyridine rings is 1. The first kappa shape index (κ1) is 16.7. The minimum Gasteiger partial charge on any atom is -0.363 e. The van der Waals surface area contributed by atoms with E-state index in [9.17, 15) is 8.42 Å². The van der Waals surface area contributed by atoms with Crippen LogP contribution in [0.25, 0.3) is 0 Å². The number of benzene rings is 1. The highest BCUT2D eigenvalue weighted by Crippen LogP contribution is 2.22. The minimum absolute atomic E-state index is 0.0849. The van der Waals surface area contributed by atoms with Crippen LogP contribution in [0.3, 0.4) is 0 Å². The van der Waals surface area contributed by atoms with Crippen molar-refractivity contribution >= 4 is 27.4 Å². The fourth-order valence-corrected chi connectivity index (χ4v) is 3.51. The van der Waals surface area contributed by atoms with Crippen molar-refractivity contribution in [3.8, 4) is 0 Å². The summed E-state index contributed by atoms with van der Waals surface area (Å²) in [6.45, 7) is 2.03. The first-order chi connectivity index (χ1) is 10.3. The van der Waals surface area contributed by atoms with Gasteiger partial charge in [-0.25, -0.2) is 18.1 Å². The van der Waals surface area contributed by atoms with Crippen LogP contribution in [0.4, 0.5) is 5.82 Å². The number of nitrogens with one attached hydrogen (secondary N) is 1. The van der Waals surface area contributed by atoms with Gasteiger partial charge in [0.15, 0.2) is 0 Å². The third kappa shape index (κ3) is 3.97. The van der Waals surface area contributed by atoms with E-state index in [1.807, 2.05) is 32.0 Å². The van der Waals surface area contributed by atoms with E-state index in [-0.39, 0.29) is 16.5 Å². The van der Waals surface area contributed by atoms with Crippen LogP contribution >= 0.6 is 11.6 Å². The van der Waals surface area contributed by atoms with Crippen LogP contribution in [0.1, 0.15) is 11.1 Å². The van der Waals surface area contributed by atoms with Crippen molar-refractivity contribution in [1.82, 2.24) is 9.71 Å². The highest BCUT2D eigenvalue weighted by Gasteiger charge is 2.17. The number of aromatic nitrogens is 1. The summed E-state index contributed by atoms with van der Waals surface area (Å²) < 4.78 is 27.2. The molecule has 1 heterocycles. The SMILES string of the molecule is Cc1ccc(S(=O)(=O)NCc2ccnc(N(C)C)c2)c(Cl)c1. The van der Waals surface area contributed by atoms with E-state index in [1.54, 1.807) is 24.4 Å². The quantitative estimate of drug-likeness (QED) is 0.909. The molecule has 2 rings (SSSR count). The van der Waals surface area contributed by atoms with Gasteiger partial charge in [-0.3, -0.25) is 0 Å². The van der Waals surface area contributed by atoms with Gasteiger partial charge < -0.3 is 4.90 Å². The Balaban J connectivity index is 2.18. The van der Waals surface area contributed by atoms with Gasteiger partial charge in [-0.05, 0) is 42.3 Å². The maximum Gasteiger partial charge on any atom is 0.242 e. The Bertz CT molecular complexity index is 776. The van der Waals surface area contributed by atoms with Crippen LogP contribution in [-0.4, -0.2) is 27.5 Å². The normalized spacial score (nSPS) is 11.5. The molecule has 1 aromatic heterocycles. The summed E-state index contributed by atoms with van der Waals surface area (Å²) in [5.74, 6) is 0.769. The summed E-state index contributed by atoms with van der Waals surface area (Å²) in [4.78, 5) is 6.13. The van der Waals surface area contributed by atoms with Gasteiger partial charge in [-0.1, -0.05) is 17.7 Å². The first-order valence-electron chi connectivity index (χ1n) is 6.67. The topological polar surface area (TPSA) is 62.3 Å². The molecule has 1 N–H and O–H groups in total. The molecule has 7 heteroatoms. The van der Waals surface area contributed by atoms with E-state index in [0.717, 1.165) is 16.9 Å². The Morgan fingerprint density at radius 1 is 1.23 bits per heavy atom. The molecule has 1 aromatic carbocycles. The smallest absolute Gasteiger partial charge is 0.242 e. The van der Waals surface area contributed by atoms with E-state index < -0.39 is 10.0 Å². The average Bonchev–Trinajstić information content (AvgIpc) is 2.45. The standard InChI is InChI=1S/C15H18ClN3O2S/c1-11-4-5-14(13(16)8-11)22(20,21)18-10-12-6-7-17-15(9-12)19(2)3/h4-9,18H,10H2,1-3H3. The Kier molecular flexibility index (Phi) is 5.05. The summed E-state index contributed by atoms with van der Waals surface area (Å²) in [6.07, 6.45) is 1.65. The summed E-state index contributed by atoms with van der Waals surface area (Å²) in [5.41, 5.74) is 1.74. The number of anilines is 1. The van der Waals surface area contributed by atoms with Crippen LogP contribution in [-0.2, 0) is 16.6 Å². The van der Waals surface area contributed by atoms with Crippen LogP contribution in [0, 0.1) is 6.92 Å². The number of rotatable bonds is 5. The Labute approximate surface area is 136 Å². The molecule has 0 radical (unpaired) electrons. The molecular weight excluding hydrogens is 322 g/mol. The van der Waals surface area contributed by atoms with Crippen LogP contribution in [0.5, 0.6) is 0 Å². The van der Waals surface area contributed by atoms with E-state index >= 15 is 0 Å². The molecule has 0 atom stereocenters. The van der Waals surface area contributed by atoms with Gasteiger partial charge in [0.05, 0.1) is 5.02 Å². The molecule has 0 saturated carbocycles. The van der Waals surface area contributed by atoms with Gasteiger partial charge >= 0.3 is 0 Å². The third-order valence-electron chi connectivity index (χ3n) is 3.11. The molecule has 0 bridgehead atoms. The van der Waals surface area contributed by atoms with Gasteiger partial charge in [0.2, 0.25) is 10.0 Å². The van der Waals surface area contributed by atoms with Gasteiger partial charge in [0.1, 0.15) is 10.7 Å². The lowest BCUT2D eigenvalue weighted by atomic mass is 10.2. The summed E-state index contributed by atoms with van der Waals surface area (Å²) in [7, 11) is 0.0997. The largest absolute Gasteiger partial charge is 0.363 e. The fourth-order valence-electron chi connectivity index (χ4n) is 1.90. The summed E-state index contributed by atoms with van der Waals surface area (Å²) >= 11 is 6.03. The van der Waals surface area contributed by atoms with E-state index in [2.05, 4.69) is 9.71 Å². The molecule has 2 aromatic rings. The Hall–Kier alpha value is -1.63. The number of hydrogen-bond donors (Lipinski definition) is 1. The van der Waals surface area contributed by atoms with Crippen LogP contribution in [0.2, 0.25) is 5.02 Å². The zero-order valence-corrected chi connectivity index (χ0v) is 14.2. The lowest BCUT2D eigenvalue weighted by Gasteiger charge is -2.13. The molecule has 0 amide bonds. The third-order valence-corrected chi connectivity index (χ3v) is 5.00. The summed E-state index contributed by atoms with van der Waals surface area (Å²) in [5, 5.41) is 0.219. The maximum absolute atomic E-state index is 12.3. The lowest BCUT2D eigenvalue weighted by molar-refractivity contribution is 0.581. The van der Waals surface area contributed by atoms with Crippen molar-refractivity contribution in [1.29, 1.82) is 0 Å². The van der Waals surface area contributed by atoms with Crippen molar-refractivity contribution in [3.05, 3.63) is 52.7 Å². The second-order valence-electron chi connectivity index (χ2n) is 5.18. The molecule has 0 saturated heterocycles. The number of sulfonamides is 1. The van der Waals surface area contributed by atoms with E-state index in [1.165, 1.54) is 6.07 Å². The van der Waals surface area contributed by atoms with Gasteiger partial charge in [-0.15, -0.1) is 0 Å². The average molecular weight is 340 g/mol. The highest BCUT2D eigenvalue weighted by molar-refractivity contribution is 7.89. The molecule has 118 valence electrons. The van der Waals surface area contributed by atoms with Gasteiger partial charge in [0.25, 0.3) is 0 Å². The Morgan fingerprint density at radius 3 is 2.59 bits per heavy atom. The number of hydrogen-bond acceptors (Lipinski definition) is 4. The molecule has 0 fully saturated rings. The maximum atomic E-state index is 12.3. The zero-order valence-electron chi connectivity index (χ0n) is 12.7.